The van der Waals surface area contributed by atoms with Gasteiger partial charge in [-0.2, -0.15) is 0 Å². The fraction of sp³-hybridized carbons (Fsp3) is 0.923. The Morgan fingerprint density at radius 3 is 2.29 bits per heavy atom. The summed E-state index contributed by atoms with van der Waals surface area (Å²) >= 11 is 0. The molecule has 0 saturated carbocycles. The Kier molecular flexibility index (Phi) is 6.53. The molecule has 0 aliphatic rings. The van der Waals surface area contributed by atoms with Crippen LogP contribution in [-0.2, 0) is 0 Å². The van der Waals surface area contributed by atoms with E-state index in [-0.39, 0.29) is 24.7 Å². The molecular weight excluding hydrogens is 216 g/mol. The van der Waals surface area contributed by atoms with Crippen LogP contribution in [0.5, 0.6) is 0 Å². The molecule has 2 amide bonds. The Labute approximate surface area is 105 Å². The van der Waals surface area contributed by atoms with Crippen molar-refractivity contribution in [2.24, 2.45) is 5.41 Å². The highest BCUT2D eigenvalue weighted by Crippen LogP contribution is 2.21. The average molecular weight is 244 g/mol. The molecule has 0 aromatic carbocycles. The average Bonchev–Trinajstić information content (AvgIpc) is 2.23. The number of aliphatic hydroxyl groups excluding tert-OH is 1. The normalized spacial score (nSPS) is 15.2. The van der Waals surface area contributed by atoms with Gasteiger partial charge in [-0.15, -0.1) is 0 Å². The molecule has 0 fully saturated rings. The Bertz CT molecular complexity index is 236. The molecule has 0 rings (SSSR count). The standard InChI is InChI=1S/C13H28N2O2/c1-10(7-8-13(3,4)5)14-12(17)15(6)11(2)9-16/h10-11,16H,7-9H2,1-6H3,(H,14,17). The third-order valence-electron chi connectivity index (χ3n) is 2.94. The van der Waals surface area contributed by atoms with Crippen molar-refractivity contribution in [3.05, 3.63) is 0 Å². The first-order chi connectivity index (χ1) is 7.67. The largest absolute Gasteiger partial charge is 0.394 e. The molecule has 4 nitrogen and oxygen atoms in total. The third kappa shape index (κ3) is 7.21. The summed E-state index contributed by atoms with van der Waals surface area (Å²) in [6, 6.07) is -0.104. The number of hydrogen-bond donors (Lipinski definition) is 2. The molecule has 17 heavy (non-hydrogen) atoms. The van der Waals surface area contributed by atoms with E-state index >= 15 is 0 Å². The first-order valence-corrected chi connectivity index (χ1v) is 6.31. The van der Waals surface area contributed by atoms with Crippen LogP contribution in [0, 0.1) is 5.41 Å². The topological polar surface area (TPSA) is 52.6 Å². The number of amides is 2. The van der Waals surface area contributed by atoms with E-state index in [1.165, 1.54) is 4.90 Å². The molecule has 0 aliphatic carbocycles. The Balaban J connectivity index is 4.03. The minimum Gasteiger partial charge on any atom is -0.394 e. The van der Waals surface area contributed by atoms with Crippen LogP contribution in [0.3, 0.4) is 0 Å². The van der Waals surface area contributed by atoms with Gasteiger partial charge in [0.15, 0.2) is 0 Å². The van der Waals surface area contributed by atoms with Crippen molar-refractivity contribution in [2.75, 3.05) is 13.7 Å². The highest BCUT2D eigenvalue weighted by Gasteiger charge is 2.18. The summed E-state index contributed by atoms with van der Waals surface area (Å²) in [6.45, 7) is 10.4. The molecule has 102 valence electrons. The third-order valence-corrected chi connectivity index (χ3v) is 2.94. The summed E-state index contributed by atoms with van der Waals surface area (Å²) in [5.41, 5.74) is 0.295. The predicted octanol–water partition coefficient (Wildman–Crippen LogP) is 2.22. The van der Waals surface area contributed by atoms with Crippen molar-refractivity contribution in [2.45, 2.75) is 59.5 Å². The molecule has 0 aromatic heterocycles. The summed E-state index contributed by atoms with van der Waals surface area (Å²) in [5, 5.41) is 11.9. The lowest BCUT2D eigenvalue weighted by atomic mass is 9.89. The van der Waals surface area contributed by atoms with Gasteiger partial charge in [0.1, 0.15) is 0 Å². The molecule has 0 aliphatic heterocycles. The van der Waals surface area contributed by atoms with Gasteiger partial charge in [0.25, 0.3) is 0 Å². The molecule has 0 radical (unpaired) electrons. The highest BCUT2D eigenvalue weighted by atomic mass is 16.3. The number of nitrogens with zero attached hydrogens (tertiary/aromatic N) is 1. The molecule has 0 aromatic rings. The maximum Gasteiger partial charge on any atom is 0.317 e. The number of urea groups is 1. The summed E-state index contributed by atoms with van der Waals surface area (Å²) in [5.74, 6) is 0. The zero-order valence-electron chi connectivity index (χ0n) is 12.1. The van der Waals surface area contributed by atoms with Crippen molar-refractivity contribution < 1.29 is 9.90 Å². The molecule has 2 unspecified atom stereocenters. The quantitative estimate of drug-likeness (QED) is 0.779. The molecule has 0 bridgehead atoms. The Hall–Kier alpha value is -0.770. The molecule has 0 heterocycles. The molecule has 0 spiro atoms. The van der Waals surface area contributed by atoms with E-state index in [2.05, 4.69) is 26.1 Å². The van der Waals surface area contributed by atoms with Gasteiger partial charge in [0, 0.05) is 13.1 Å². The van der Waals surface area contributed by atoms with E-state index in [4.69, 9.17) is 5.11 Å². The van der Waals surface area contributed by atoms with Crippen molar-refractivity contribution in [1.29, 1.82) is 0 Å². The van der Waals surface area contributed by atoms with Gasteiger partial charge in [-0.3, -0.25) is 0 Å². The molecule has 2 N–H and O–H groups in total. The number of rotatable bonds is 5. The van der Waals surface area contributed by atoms with Crippen LogP contribution in [0.15, 0.2) is 0 Å². The lowest BCUT2D eigenvalue weighted by molar-refractivity contribution is 0.154. The van der Waals surface area contributed by atoms with Crippen LogP contribution >= 0.6 is 0 Å². The molecule has 0 saturated heterocycles. The molecule has 4 heteroatoms. The zero-order chi connectivity index (χ0) is 13.6. The fourth-order valence-corrected chi connectivity index (χ4v) is 1.36. The summed E-state index contributed by atoms with van der Waals surface area (Å²) in [7, 11) is 1.70. The second kappa shape index (κ2) is 6.84. The van der Waals surface area contributed by atoms with Crippen molar-refractivity contribution in [3.8, 4) is 0 Å². The number of aliphatic hydroxyl groups is 1. The monoisotopic (exact) mass is 244 g/mol. The first kappa shape index (κ1) is 16.2. The number of carbonyl (C=O) groups is 1. The van der Waals surface area contributed by atoms with E-state index in [0.29, 0.717) is 5.41 Å². The summed E-state index contributed by atoms with van der Waals surface area (Å²) in [6.07, 6.45) is 2.05. The minimum atomic E-state index is -0.148. The Morgan fingerprint density at radius 2 is 1.88 bits per heavy atom. The number of hydrogen-bond acceptors (Lipinski definition) is 2. The summed E-state index contributed by atoms with van der Waals surface area (Å²) < 4.78 is 0. The predicted molar refractivity (Wildman–Crippen MR) is 71.0 cm³/mol. The fourth-order valence-electron chi connectivity index (χ4n) is 1.36. The van der Waals surface area contributed by atoms with E-state index in [0.717, 1.165) is 12.8 Å². The van der Waals surface area contributed by atoms with Crippen LogP contribution in [-0.4, -0.2) is 41.8 Å². The zero-order valence-corrected chi connectivity index (χ0v) is 12.1. The van der Waals surface area contributed by atoms with Gasteiger partial charge in [-0.05, 0) is 32.1 Å². The number of carbonyl (C=O) groups excluding carboxylic acids is 1. The van der Waals surface area contributed by atoms with E-state index in [1.807, 2.05) is 13.8 Å². The summed E-state index contributed by atoms with van der Waals surface area (Å²) in [4.78, 5) is 13.3. The van der Waals surface area contributed by atoms with Crippen molar-refractivity contribution >= 4 is 6.03 Å². The molecule has 2 atom stereocenters. The van der Waals surface area contributed by atoms with E-state index in [9.17, 15) is 4.79 Å². The van der Waals surface area contributed by atoms with Gasteiger partial charge in [0.2, 0.25) is 0 Å². The van der Waals surface area contributed by atoms with Crippen LogP contribution in [0.1, 0.15) is 47.5 Å². The first-order valence-electron chi connectivity index (χ1n) is 6.31. The lowest BCUT2D eigenvalue weighted by Crippen LogP contribution is -2.46. The maximum atomic E-state index is 11.8. The van der Waals surface area contributed by atoms with E-state index in [1.54, 1.807) is 7.05 Å². The van der Waals surface area contributed by atoms with Gasteiger partial charge < -0.3 is 15.3 Å². The van der Waals surface area contributed by atoms with Gasteiger partial charge in [-0.1, -0.05) is 20.8 Å². The molecular formula is C13H28N2O2. The number of nitrogens with one attached hydrogen (secondary N) is 1. The number of likely N-dealkylation sites (N-methyl/N-ethyl adjacent to an activating group) is 1. The van der Waals surface area contributed by atoms with Crippen molar-refractivity contribution in [1.82, 2.24) is 10.2 Å². The van der Waals surface area contributed by atoms with Crippen molar-refractivity contribution in [3.63, 3.8) is 0 Å². The van der Waals surface area contributed by atoms with Gasteiger partial charge in [-0.25, -0.2) is 4.79 Å². The van der Waals surface area contributed by atoms with Crippen LogP contribution < -0.4 is 5.32 Å². The second-order valence-corrected chi connectivity index (χ2v) is 6.09. The van der Waals surface area contributed by atoms with Gasteiger partial charge in [0.05, 0.1) is 12.6 Å². The minimum absolute atomic E-state index is 0.0136. The van der Waals surface area contributed by atoms with Crippen LogP contribution in [0.25, 0.3) is 0 Å². The van der Waals surface area contributed by atoms with E-state index < -0.39 is 0 Å². The maximum absolute atomic E-state index is 11.8. The van der Waals surface area contributed by atoms with Crippen LogP contribution in [0.2, 0.25) is 0 Å². The smallest absolute Gasteiger partial charge is 0.317 e. The highest BCUT2D eigenvalue weighted by molar-refractivity contribution is 5.74. The lowest BCUT2D eigenvalue weighted by Gasteiger charge is -2.27. The van der Waals surface area contributed by atoms with Crippen LogP contribution in [0.4, 0.5) is 4.79 Å². The Morgan fingerprint density at radius 1 is 1.35 bits per heavy atom. The van der Waals surface area contributed by atoms with Gasteiger partial charge >= 0.3 is 6.03 Å². The SMILES string of the molecule is CC(CCC(C)(C)C)NC(=O)N(C)C(C)CO. The second-order valence-electron chi connectivity index (χ2n) is 6.09.